The van der Waals surface area contributed by atoms with Gasteiger partial charge in [-0.25, -0.2) is 0 Å². The van der Waals surface area contributed by atoms with E-state index in [-0.39, 0.29) is 6.54 Å². The van der Waals surface area contributed by atoms with E-state index in [2.05, 4.69) is 26.0 Å². The largest absolute Gasteiger partial charge is 0.480 e. The molecule has 0 aliphatic heterocycles. The van der Waals surface area contributed by atoms with Crippen LogP contribution in [0.1, 0.15) is 65.2 Å². The van der Waals surface area contributed by atoms with Crippen LogP contribution in [0.4, 0.5) is 0 Å². The highest BCUT2D eigenvalue weighted by Crippen LogP contribution is 2.03. The molecule has 0 saturated carbocycles. The van der Waals surface area contributed by atoms with Gasteiger partial charge in [-0.15, -0.1) is 0 Å². The Morgan fingerprint density at radius 3 is 1.79 bits per heavy atom. The van der Waals surface area contributed by atoms with Gasteiger partial charge in [0, 0.05) is 12.4 Å². The van der Waals surface area contributed by atoms with E-state index in [1.807, 2.05) is 12.4 Å². The monoisotopic (exact) mass is 267 g/mol. The lowest BCUT2D eigenvalue weighted by Crippen LogP contribution is -2.19. The third kappa shape index (κ3) is 13.0. The van der Waals surface area contributed by atoms with E-state index in [0.717, 1.165) is 12.8 Å². The van der Waals surface area contributed by atoms with Gasteiger partial charge in [-0.05, 0) is 25.7 Å². The van der Waals surface area contributed by atoms with Crippen LogP contribution >= 0.6 is 0 Å². The maximum atomic E-state index is 10.8. The molecule has 0 heterocycles. The van der Waals surface area contributed by atoms with Gasteiger partial charge >= 0.3 is 5.97 Å². The number of aliphatic carboxylic acids is 1. The van der Waals surface area contributed by atoms with Gasteiger partial charge in [-0.1, -0.05) is 51.7 Å². The topological polar surface area (TPSA) is 40.5 Å². The summed E-state index contributed by atoms with van der Waals surface area (Å²) in [6.45, 7) is 4.40. The van der Waals surface area contributed by atoms with E-state index in [1.54, 1.807) is 4.90 Å². The predicted molar refractivity (Wildman–Crippen MR) is 80.9 cm³/mol. The molecule has 3 heteroatoms. The summed E-state index contributed by atoms with van der Waals surface area (Å²) < 4.78 is 0. The molecular weight excluding hydrogens is 238 g/mol. The summed E-state index contributed by atoms with van der Waals surface area (Å²) in [5.41, 5.74) is 0. The summed E-state index contributed by atoms with van der Waals surface area (Å²) in [6, 6.07) is 0. The van der Waals surface area contributed by atoms with Crippen molar-refractivity contribution in [3.8, 4) is 0 Å². The highest BCUT2D eigenvalue weighted by atomic mass is 16.4. The van der Waals surface area contributed by atoms with Crippen LogP contribution in [0.15, 0.2) is 24.6 Å². The van der Waals surface area contributed by atoms with Gasteiger partial charge in [-0.3, -0.25) is 4.79 Å². The summed E-state index contributed by atoms with van der Waals surface area (Å²) in [4.78, 5) is 12.5. The van der Waals surface area contributed by atoms with Crippen molar-refractivity contribution in [2.24, 2.45) is 0 Å². The second-order valence-corrected chi connectivity index (χ2v) is 4.83. The maximum Gasteiger partial charge on any atom is 0.323 e. The number of hydrogen-bond donors (Lipinski definition) is 1. The molecule has 19 heavy (non-hydrogen) atoms. The molecule has 0 spiro atoms. The van der Waals surface area contributed by atoms with Crippen molar-refractivity contribution >= 4 is 5.97 Å². The maximum absolute atomic E-state index is 10.8. The molecule has 0 rings (SSSR count). The van der Waals surface area contributed by atoms with Crippen LogP contribution in [0, 0.1) is 0 Å². The van der Waals surface area contributed by atoms with Crippen LogP contribution in [0.3, 0.4) is 0 Å². The molecule has 0 unspecified atom stereocenters. The Bertz CT molecular complexity index is 252. The first-order chi connectivity index (χ1) is 9.20. The van der Waals surface area contributed by atoms with Crippen molar-refractivity contribution in [1.82, 2.24) is 4.90 Å². The molecule has 0 aromatic carbocycles. The summed E-state index contributed by atoms with van der Waals surface area (Å²) in [5, 5.41) is 8.86. The molecule has 110 valence electrons. The van der Waals surface area contributed by atoms with Gasteiger partial charge in [0.2, 0.25) is 0 Å². The third-order valence-corrected chi connectivity index (χ3v) is 2.86. The number of allylic oxidation sites excluding steroid dienone is 2. The fourth-order valence-electron chi connectivity index (χ4n) is 1.76. The summed E-state index contributed by atoms with van der Waals surface area (Å²) in [5.74, 6) is -0.795. The average Bonchev–Trinajstić information content (AvgIpc) is 2.37. The molecule has 0 atom stereocenters. The first-order valence-electron chi connectivity index (χ1n) is 7.51. The molecule has 0 aromatic rings. The molecule has 0 aliphatic carbocycles. The van der Waals surface area contributed by atoms with Crippen molar-refractivity contribution in [3.63, 3.8) is 0 Å². The second-order valence-electron chi connectivity index (χ2n) is 4.83. The SMILES string of the molecule is CCCCCC=CN(C=CCCCCC)CC(=O)O. The Morgan fingerprint density at radius 2 is 1.42 bits per heavy atom. The van der Waals surface area contributed by atoms with Crippen molar-refractivity contribution < 1.29 is 9.90 Å². The minimum Gasteiger partial charge on any atom is -0.480 e. The van der Waals surface area contributed by atoms with Crippen LogP contribution in [0.25, 0.3) is 0 Å². The molecule has 0 bridgehead atoms. The third-order valence-electron chi connectivity index (χ3n) is 2.86. The van der Waals surface area contributed by atoms with Crippen molar-refractivity contribution in [3.05, 3.63) is 24.6 Å². The number of nitrogens with zero attached hydrogens (tertiary/aromatic N) is 1. The quantitative estimate of drug-likeness (QED) is 0.527. The zero-order valence-electron chi connectivity index (χ0n) is 12.5. The molecule has 0 amide bonds. The van der Waals surface area contributed by atoms with Gasteiger partial charge in [0.15, 0.2) is 0 Å². The summed E-state index contributed by atoms with van der Waals surface area (Å²) in [6.07, 6.45) is 17.2. The Labute approximate surface area is 118 Å². The van der Waals surface area contributed by atoms with Crippen molar-refractivity contribution in [1.29, 1.82) is 0 Å². The number of unbranched alkanes of at least 4 members (excludes halogenated alkanes) is 6. The van der Waals surface area contributed by atoms with Gasteiger partial charge < -0.3 is 10.0 Å². The molecular formula is C16H29NO2. The van der Waals surface area contributed by atoms with Gasteiger partial charge in [0.05, 0.1) is 0 Å². The second kappa shape index (κ2) is 13.2. The zero-order valence-corrected chi connectivity index (χ0v) is 12.5. The fourth-order valence-corrected chi connectivity index (χ4v) is 1.76. The van der Waals surface area contributed by atoms with Gasteiger partial charge in [-0.2, -0.15) is 0 Å². The minimum atomic E-state index is -0.795. The van der Waals surface area contributed by atoms with Gasteiger partial charge in [0.25, 0.3) is 0 Å². The zero-order chi connectivity index (χ0) is 14.3. The fraction of sp³-hybridized carbons (Fsp3) is 0.688. The Morgan fingerprint density at radius 1 is 0.947 bits per heavy atom. The number of carboxylic acid groups (broad SMARTS) is 1. The molecule has 0 saturated heterocycles. The first kappa shape index (κ1) is 17.8. The molecule has 3 nitrogen and oxygen atoms in total. The highest BCUT2D eigenvalue weighted by molar-refractivity contribution is 5.69. The lowest BCUT2D eigenvalue weighted by Gasteiger charge is -2.12. The number of hydrogen-bond acceptors (Lipinski definition) is 2. The normalized spacial score (nSPS) is 11.5. The number of carbonyl (C=O) groups is 1. The van der Waals surface area contributed by atoms with Gasteiger partial charge in [0.1, 0.15) is 6.54 Å². The Balaban J connectivity index is 4.03. The van der Waals surface area contributed by atoms with Crippen LogP contribution in [-0.2, 0) is 4.79 Å². The molecule has 0 radical (unpaired) electrons. The van der Waals surface area contributed by atoms with Crippen LogP contribution in [0.2, 0.25) is 0 Å². The lowest BCUT2D eigenvalue weighted by molar-refractivity contribution is -0.137. The van der Waals surface area contributed by atoms with Crippen LogP contribution in [-0.4, -0.2) is 22.5 Å². The minimum absolute atomic E-state index is 0.0363. The highest BCUT2D eigenvalue weighted by Gasteiger charge is 2.00. The van der Waals surface area contributed by atoms with E-state index in [4.69, 9.17) is 5.11 Å². The number of carboxylic acids is 1. The molecule has 0 aromatic heterocycles. The predicted octanol–water partition coefficient (Wildman–Crippen LogP) is 4.56. The Hall–Kier alpha value is -1.25. The van der Waals surface area contributed by atoms with E-state index in [9.17, 15) is 4.79 Å². The van der Waals surface area contributed by atoms with Crippen LogP contribution in [0.5, 0.6) is 0 Å². The van der Waals surface area contributed by atoms with E-state index in [0.29, 0.717) is 0 Å². The van der Waals surface area contributed by atoms with E-state index < -0.39 is 5.97 Å². The smallest absolute Gasteiger partial charge is 0.323 e. The molecule has 0 aliphatic rings. The van der Waals surface area contributed by atoms with E-state index >= 15 is 0 Å². The summed E-state index contributed by atoms with van der Waals surface area (Å²) in [7, 11) is 0. The van der Waals surface area contributed by atoms with Crippen molar-refractivity contribution in [2.45, 2.75) is 65.2 Å². The standard InChI is InChI=1S/C16H29NO2/c1-3-5-7-9-11-13-17(15-16(18)19)14-12-10-8-6-4-2/h11-14H,3-10,15H2,1-2H3,(H,18,19). The Kier molecular flexibility index (Phi) is 12.3. The van der Waals surface area contributed by atoms with Crippen molar-refractivity contribution in [2.75, 3.05) is 6.54 Å². The molecule has 0 fully saturated rings. The average molecular weight is 267 g/mol. The first-order valence-corrected chi connectivity index (χ1v) is 7.51. The number of rotatable bonds is 12. The van der Waals surface area contributed by atoms with Crippen LogP contribution < -0.4 is 0 Å². The summed E-state index contributed by atoms with van der Waals surface area (Å²) >= 11 is 0. The lowest BCUT2D eigenvalue weighted by atomic mass is 10.2. The molecule has 1 N–H and O–H groups in total. The van der Waals surface area contributed by atoms with E-state index in [1.165, 1.54) is 38.5 Å².